The van der Waals surface area contributed by atoms with Crippen LogP contribution in [0.5, 0.6) is 0 Å². The number of fused-ring (bicyclic) bond motifs is 1. The van der Waals surface area contributed by atoms with Crippen molar-refractivity contribution in [3.63, 3.8) is 0 Å². The van der Waals surface area contributed by atoms with Gasteiger partial charge in [-0.1, -0.05) is 108 Å². The van der Waals surface area contributed by atoms with E-state index in [0.717, 1.165) is 77.2 Å². The second-order valence-corrected chi connectivity index (χ2v) is 22.8. The Hall–Kier alpha value is -5.53. The number of aryl methyl sites for hydroxylation is 1. The summed E-state index contributed by atoms with van der Waals surface area (Å²) < 4.78 is 0. The molecule has 0 bridgehead atoms. The lowest BCUT2D eigenvalue weighted by molar-refractivity contribution is -0.144. The Morgan fingerprint density at radius 2 is 1.49 bits per heavy atom. The first-order valence-electron chi connectivity index (χ1n) is 26.8. The van der Waals surface area contributed by atoms with E-state index < -0.39 is 35.6 Å². The minimum absolute atomic E-state index is 0.0187. The van der Waals surface area contributed by atoms with Gasteiger partial charge in [-0.15, -0.1) is 11.3 Å². The molecule has 3 aliphatic rings. The molecule has 4 aromatic rings. The molecule has 406 valence electrons. The van der Waals surface area contributed by atoms with Gasteiger partial charge >= 0.3 is 0 Å². The molecule has 0 radical (unpaired) electrons. The third-order valence-electron chi connectivity index (χ3n) is 14.7. The highest BCUT2D eigenvalue weighted by Crippen LogP contribution is 2.43. The van der Waals surface area contributed by atoms with Crippen molar-refractivity contribution in [2.75, 3.05) is 57.3 Å². The van der Waals surface area contributed by atoms with Crippen LogP contribution in [-0.2, 0) is 30.5 Å². The molecule has 2 saturated heterocycles. The summed E-state index contributed by atoms with van der Waals surface area (Å²) in [5.74, 6) is -0.396. The maximum Gasteiger partial charge on any atom is 0.246 e. The van der Waals surface area contributed by atoms with Crippen molar-refractivity contribution in [3.8, 4) is 10.4 Å². The summed E-state index contributed by atoms with van der Waals surface area (Å²) in [7, 11) is 0. The number of β-amino-alcohol motifs (C(OH)–C–C–N with tert-alkyl or cyclic N) is 1. The number of thiazole rings is 1. The van der Waals surface area contributed by atoms with E-state index in [0.29, 0.717) is 75.8 Å². The first-order valence-corrected chi connectivity index (χ1v) is 28.1. The van der Waals surface area contributed by atoms with Crippen LogP contribution in [0.3, 0.4) is 0 Å². The molecule has 0 spiro atoms. The second-order valence-electron chi connectivity index (χ2n) is 21.5. The van der Waals surface area contributed by atoms with E-state index in [1.165, 1.54) is 11.2 Å². The van der Waals surface area contributed by atoms with Crippen molar-refractivity contribution >= 4 is 58.3 Å². The minimum Gasteiger partial charge on any atom is -0.391 e. The molecule has 4 heterocycles. The maximum absolute atomic E-state index is 14.0. The Labute approximate surface area is 451 Å². The van der Waals surface area contributed by atoms with Crippen LogP contribution in [-0.4, -0.2) is 135 Å². The Balaban J connectivity index is 0.746. The number of benzene rings is 2. The summed E-state index contributed by atoms with van der Waals surface area (Å²) in [5, 5.41) is 34.0. The zero-order chi connectivity index (χ0) is 53.6. The molecule has 5 amide bonds. The van der Waals surface area contributed by atoms with Crippen molar-refractivity contribution in [1.29, 1.82) is 0 Å². The molecule has 2 aromatic carbocycles. The number of hydrogen-bond donors (Lipinski definition) is 6. The average molecular weight is 1070 g/mol. The number of carbonyl (C=O) groups is 5. The minimum atomic E-state index is -0.869. The fourth-order valence-electron chi connectivity index (χ4n) is 10.4. The van der Waals surface area contributed by atoms with Crippen molar-refractivity contribution in [2.24, 2.45) is 5.41 Å². The van der Waals surface area contributed by atoms with Gasteiger partial charge in [0.15, 0.2) is 0 Å². The summed E-state index contributed by atoms with van der Waals surface area (Å²) >= 11 is 7.79. The van der Waals surface area contributed by atoms with Gasteiger partial charge in [-0.05, 0) is 66.3 Å². The van der Waals surface area contributed by atoms with Gasteiger partial charge in [0, 0.05) is 88.8 Å². The number of amides is 5. The fraction of sp³-hybridized carbons (Fsp3) is 0.571. The van der Waals surface area contributed by atoms with E-state index in [-0.39, 0.29) is 61.4 Å². The monoisotopic (exact) mass is 1070 g/mol. The molecular weight excluding hydrogens is 992 g/mol. The number of halogens is 1. The number of unbranched alkanes of at least 4 members (excludes halogenated alkanes) is 6. The molecule has 2 fully saturated rings. The van der Waals surface area contributed by atoms with Gasteiger partial charge in [0.1, 0.15) is 24.2 Å². The number of carbonyl (C=O) groups excluding carboxylic acids is 5. The third-order valence-corrected chi connectivity index (χ3v) is 16.0. The molecule has 19 heteroatoms. The Bertz CT molecular complexity index is 2550. The Morgan fingerprint density at radius 1 is 0.800 bits per heavy atom. The smallest absolute Gasteiger partial charge is 0.246 e. The SMILES string of the molecule is Cc1ncsc1-c1ccc(CNC(=O)[C@@H]2C[C@@H](O)CN2C(=O)[C@@H](NC(=O)CCCCCCCCCNC(=O)CCNC[C@@H](C(=O)N2CCN(c3ncnc4c3[C@H](C)C[C@H]4O)CC2)c2ccc(Cl)cc2)C(C)(C)C)cc1. The predicted molar refractivity (Wildman–Crippen MR) is 292 cm³/mol. The van der Waals surface area contributed by atoms with Gasteiger partial charge in [-0.25, -0.2) is 15.0 Å². The van der Waals surface area contributed by atoms with Gasteiger partial charge in [0.05, 0.1) is 39.9 Å². The van der Waals surface area contributed by atoms with Gasteiger partial charge in [-0.2, -0.15) is 0 Å². The highest BCUT2D eigenvalue weighted by molar-refractivity contribution is 7.13. The number of nitrogens with one attached hydrogen (secondary N) is 4. The Kier molecular flexibility index (Phi) is 20.6. The number of aromatic nitrogens is 3. The molecule has 6 atom stereocenters. The molecule has 0 unspecified atom stereocenters. The van der Waals surface area contributed by atoms with Gasteiger partial charge in [-0.3, -0.25) is 24.0 Å². The average Bonchev–Trinajstić information content (AvgIpc) is 4.10. The molecule has 0 saturated carbocycles. The van der Waals surface area contributed by atoms with E-state index in [1.807, 2.05) is 74.5 Å². The molecule has 1 aliphatic carbocycles. The predicted octanol–water partition coefficient (Wildman–Crippen LogP) is 6.56. The summed E-state index contributed by atoms with van der Waals surface area (Å²) in [6.45, 7) is 13.7. The highest BCUT2D eigenvalue weighted by atomic mass is 35.5. The van der Waals surface area contributed by atoms with Crippen LogP contribution in [0, 0.1) is 12.3 Å². The van der Waals surface area contributed by atoms with Crippen LogP contribution in [0.4, 0.5) is 5.82 Å². The maximum atomic E-state index is 14.0. The zero-order valence-corrected chi connectivity index (χ0v) is 45.9. The molecule has 2 aromatic heterocycles. The molecule has 7 rings (SSSR count). The molecule has 17 nitrogen and oxygen atoms in total. The normalized spacial score (nSPS) is 19.4. The van der Waals surface area contributed by atoms with Crippen LogP contribution in [0.1, 0.15) is 144 Å². The van der Waals surface area contributed by atoms with Crippen molar-refractivity contribution in [3.05, 3.63) is 93.5 Å². The van der Waals surface area contributed by atoms with E-state index in [4.69, 9.17) is 11.6 Å². The van der Waals surface area contributed by atoms with Crippen LogP contribution < -0.4 is 26.2 Å². The van der Waals surface area contributed by atoms with Gasteiger partial charge in [0.2, 0.25) is 29.5 Å². The van der Waals surface area contributed by atoms with Crippen LogP contribution in [0.2, 0.25) is 5.02 Å². The fourth-order valence-corrected chi connectivity index (χ4v) is 11.4. The van der Waals surface area contributed by atoms with E-state index in [9.17, 15) is 34.2 Å². The van der Waals surface area contributed by atoms with Crippen LogP contribution in [0.25, 0.3) is 10.4 Å². The number of piperazine rings is 1. The van der Waals surface area contributed by atoms with Crippen molar-refractivity contribution in [2.45, 2.75) is 148 Å². The number of aliphatic hydroxyl groups excluding tert-OH is 2. The summed E-state index contributed by atoms with van der Waals surface area (Å²) in [5.41, 5.74) is 6.69. The summed E-state index contributed by atoms with van der Waals surface area (Å²) in [6, 6.07) is 13.6. The number of likely N-dealkylation sites (tertiary alicyclic amines) is 1. The second kappa shape index (κ2) is 27.0. The van der Waals surface area contributed by atoms with E-state index >= 15 is 0 Å². The van der Waals surface area contributed by atoms with Crippen molar-refractivity contribution in [1.82, 2.24) is 46.0 Å². The summed E-state index contributed by atoms with van der Waals surface area (Å²) in [4.78, 5) is 87.4. The number of nitrogens with zero attached hydrogens (tertiary/aromatic N) is 6. The van der Waals surface area contributed by atoms with Crippen LogP contribution in [0.15, 0.2) is 60.4 Å². The van der Waals surface area contributed by atoms with Crippen molar-refractivity contribution < 1.29 is 34.2 Å². The third kappa shape index (κ3) is 15.6. The first kappa shape index (κ1) is 57.2. The van der Waals surface area contributed by atoms with Gasteiger partial charge < -0.3 is 46.2 Å². The lowest BCUT2D eigenvalue weighted by Gasteiger charge is -2.38. The van der Waals surface area contributed by atoms with E-state index in [2.05, 4.69) is 48.0 Å². The molecular formula is C56H77ClN10O7S. The lowest BCUT2D eigenvalue weighted by atomic mass is 9.85. The number of rotatable bonds is 24. The molecule has 6 N–H and O–H groups in total. The molecule has 75 heavy (non-hydrogen) atoms. The molecule has 2 aliphatic heterocycles. The van der Waals surface area contributed by atoms with E-state index in [1.54, 1.807) is 23.5 Å². The highest BCUT2D eigenvalue weighted by Gasteiger charge is 2.44. The Morgan fingerprint density at radius 3 is 2.17 bits per heavy atom. The largest absolute Gasteiger partial charge is 0.391 e. The standard InChI is InChI=1S/C56H77ClN10O7S/c1-36-29-45(69)49-48(36)52(62-34-61-49)65-25-27-66(28-26-65)54(73)43(39-18-20-41(57)21-19-39)32-58-24-22-46(70)59-23-12-10-8-6-7-9-11-13-47(71)64-51(56(3,4)5)55(74)67-33-42(68)30-44(67)53(72)60-31-38-14-16-40(17-15-38)50-37(2)63-35-75-50/h14-21,34-36,42-45,51,58,68-69H,6-13,22-33H2,1-5H3,(H,59,70)(H,60,72)(H,64,71)/t36-,42-,43-,44+,45-,51-/m1/s1. The lowest BCUT2D eigenvalue weighted by Crippen LogP contribution is -2.57. The quantitative estimate of drug-likeness (QED) is 0.0411. The van der Waals surface area contributed by atoms with Gasteiger partial charge in [0.25, 0.3) is 0 Å². The summed E-state index contributed by atoms with van der Waals surface area (Å²) in [6.07, 6.45) is 7.82. The first-order chi connectivity index (χ1) is 36.0. The number of hydrogen-bond acceptors (Lipinski definition) is 13. The topological polar surface area (TPSA) is 222 Å². The zero-order valence-electron chi connectivity index (χ0n) is 44.3. The van der Waals surface area contributed by atoms with Crippen LogP contribution >= 0.6 is 22.9 Å². The number of anilines is 1. The number of aliphatic hydroxyl groups is 2.